The first-order chi connectivity index (χ1) is 9.23. The van der Waals surface area contributed by atoms with Gasteiger partial charge in [0.05, 0.1) is 17.7 Å². The van der Waals surface area contributed by atoms with Gasteiger partial charge in [-0.1, -0.05) is 26.0 Å². The number of amides is 1. The summed E-state index contributed by atoms with van der Waals surface area (Å²) in [6.07, 6.45) is -0.430. The summed E-state index contributed by atoms with van der Waals surface area (Å²) in [5, 5.41) is 11.7. The SMILES string of the molecule is CC(C)[C@H](NC(=O)OC(C)(C)C)c1ccc(C#N)cc1. The molecule has 1 N–H and O–H groups in total. The number of ether oxygens (including phenoxy) is 1. The van der Waals surface area contributed by atoms with Crippen molar-refractivity contribution < 1.29 is 9.53 Å². The summed E-state index contributed by atoms with van der Waals surface area (Å²) in [5.41, 5.74) is 1.05. The molecule has 1 amide bonds. The van der Waals surface area contributed by atoms with Gasteiger partial charge in [-0.25, -0.2) is 4.79 Å². The van der Waals surface area contributed by atoms with Crippen LogP contribution >= 0.6 is 0 Å². The number of nitrogens with zero attached hydrogens (tertiary/aromatic N) is 1. The number of carbonyl (C=O) groups is 1. The number of nitrogens with one attached hydrogen (secondary N) is 1. The van der Waals surface area contributed by atoms with Crippen LogP contribution in [0.2, 0.25) is 0 Å². The summed E-state index contributed by atoms with van der Waals surface area (Å²) in [6.45, 7) is 9.55. The number of carbonyl (C=O) groups excluding carboxylic acids is 1. The fourth-order valence-corrected chi connectivity index (χ4v) is 1.83. The molecule has 0 radical (unpaired) electrons. The van der Waals surface area contributed by atoms with Gasteiger partial charge < -0.3 is 10.1 Å². The van der Waals surface area contributed by atoms with Gasteiger partial charge in [0.1, 0.15) is 5.60 Å². The summed E-state index contributed by atoms with van der Waals surface area (Å²) in [6, 6.07) is 9.17. The van der Waals surface area contributed by atoms with E-state index < -0.39 is 11.7 Å². The van der Waals surface area contributed by atoms with Gasteiger partial charge in [0.25, 0.3) is 0 Å². The van der Waals surface area contributed by atoms with Crippen molar-refractivity contribution in [2.45, 2.75) is 46.3 Å². The van der Waals surface area contributed by atoms with E-state index in [0.717, 1.165) is 5.56 Å². The maximum atomic E-state index is 11.9. The van der Waals surface area contributed by atoms with E-state index in [1.165, 1.54) is 0 Å². The van der Waals surface area contributed by atoms with E-state index in [1.54, 1.807) is 12.1 Å². The first kappa shape index (κ1) is 16.0. The van der Waals surface area contributed by atoms with Crippen molar-refractivity contribution in [3.05, 3.63) is 35.4 Å². The minimum Gasteiger partial charge on any atom is -0.444 e. The fourth-order valence-electron chi connectivity index (χ4n) is 1.83. The molecule has 0 fully saturated rings. The molecule has 1 rings (SSSR count). The molecule has 0 unspecified atom stereocenters. The Morgan fingerprint density at radius 3 is 2.20 bits per heavy atom. The first-order valence-electron chi connectivity index (χ1n) is 6.72. The number of hydrogen-bond acceptors (Lipinski definition) is 3. The lowest BCUT2D eigenvalue weighted by Gasteiger charge is -2.26. The second kappa shape index (κ2) is 6.42. The average Bonchev–Trinajstić information content (AvgIpc) is 2.34. The molecular weight excluding hydrogens is 252 g/mol. The van der Waals surface area contributed by atoms with Crippen molar-refractivity contribution in [2.24, 2.45) is 5.92 Å². The largest absolute Gasteiger partial charge is 0.444 e. The maximum Gasteiger partial charge on any atom is 0.408 e. The van der Waals surface area contributed by atoms with E-state index in [9.17, 15) is 4.79 Å². The number of benzene rings is 1. The summed E-state index contributed by atoms with van der Waals surface area (Å²) in [4.78, 5) is 11.9. The average molecular weight is 274 g/mol. The molecule has 1 aromatic rings. The Kier molecular flexibility index (Phi) is 5.15. The van der Waals surface area contributed by atoms with Crippen LogP contribution < -0.4 is 5.32 Å². The van der Waals surface area contributed by atoms with Crippen LogP contribution in [0.4, 0.5) is 4.79 Å². The lowest BCUT2D eigenvalue weighted by atomic mass is 9.95. The minimum absolute atomic E-state index is 0.141. The zero-order valence-corrected chi connectivity index (χ0v) is 12.7. The lowest BCUT2D eigenvalue weighted by Crippen LogP contribution is -2.36. The molecule has 0 saturated carbocycles. The second-order valence-electron chi connectivity index (χ2n) is 6.10. The molecule has 1 atom stereocenters. The van der Waals surface area contributed by atoms with Crippen molar-refractivity contribution in [3.8, 4) is 6.07 Å². The summed E-state index contributed by atoms with van der Waals surface area (Å²) in [7, 11) is 0. The van der Waals surface area contributed by atoms with E-state index in [-0.39, 0.29) is 12.0 Å². The molecule has 0 aliphatic rings. The molecule has 108 valence electrons. The predicted octanol–water partition coefficient (Wildman–Crippen LogP) is 3.78. The van der Waals surface area contributed by atoms with Crippen molar-refractivity contribution in [1.29, 1.82) is 5.26 Å². The second-order valence-corrected chi connectivity index (χ2v) is 6.10. The Morgan fingerprint density at radius 2 is 1.80 bits per heavy atom. The summed E-state index contributed by atoms with van der Waals surface area (Å²) < 4.78 is 5.28. The highest BCUT2D eigenvalue weighted by molar-refractivity contribution is 5.68. The van der Waals surface area contributed by atoms with Crippen molar-refractivity contribution >= 4 is 6.09 Å². The number of hydrogen-bond donors (Lipinski definition) is 1. The maximum absolute atomic E-state index is 11.9. The molecule has 0 aliphatic carbocycles. The van der Waals surface area contributed by atoms with Crippen molar-refractivity contribution in [3.63, 3.8) is 0 Å². The molecule has 4 nitrogen and oxygen atoms in total. The van der Waals surface area contributed by atoms with Gasteiger partial charge in [-0.2, -0.15) is 5.26 Å². The molecule has 20 heavy (non-hydrogen) atoms. The third-order valence-corrected chi connectivity index (χ3v) is 2.74. The molecule has 0 aromatic heterocycles. The molecule has 0 heterocycles. The highest BCUT2D eigenvalue weighted by Gasteiger charge is 2.22. The number of alkyl carbamates (subject to hydrolysis) is 1. The van der Waals surface area contributed by atoms with E-state index in [4.69, 9.17) is 10.00 Å². The van der Waals surface area contributed by atoms with E-state index in [0.29, 0.717) is 5.56 Å². The van der Waals surface area contributed by atoms with E-state index in [2.05, 4.69) is 11.4 Å². The Morgan fingerprint density at radius 1 is 1.25 bits per heavy atom. The highest BCUT2D eigenvalue weighted by Crippen LogP contribution is 2.22. The topological polar surface area (TPSA) is 62.1 Å². The van der Waals surface area contributed by atoms with Crippen LogP contribution in [0.5, 0.6) is 0 Å². The van der Waals surface area contributed by atoms with E-state index in [1.807, 2.05) is 46.8 Å². The van der Waals surface area contributed by atoms with Gasteiger partial charge in [-0.15, -0.1) is 0 Å². The Hall–Kier alpha value is -2.02. The number of rotatable bonds is 3. The third-order valence-electron chi connectivity index (χ3n) is 2.74. The highest BCUT2D eigenvalue weighted by atomic mass is 16.6. The molecule has 0 spiro atoms. The monoisotopic (exact) mass is 274 g/mol. The quantitative estimate of drug-likeness (QED) is 0.912. The van der Waals surface area contributed by atoms with Crippen molar-refractivity contribution in [2.75, 3.05) is 0 Å². The van der Waals surface area contributed by atoms with Crippen LogP contribution in [0.15, 0.2) is 24.3 Å². The van der Waals surface area contributed by atoms with Gasteiger partial charge in [0, 0.05) is 0 Å². The lowest BCUT2D eigenvalue weighted by molar-refractivity contribution is 0.0489. The summed E-state index contributed by atoms with van der Waals surface area (Å²) in [5.74, 6) is 0.218. The predicted molar refractivity (Wildman–Crippen MR) is 78.1 cm³/mol. The van der Waals surface area contributed by atoms with Crippen LogP contribution in [0.3, 0.4) is 0 Å². The van der Waals surface area contributed by atoms with Gasteiger partial charge >= 0.3 is 6.09 Å². The van der Waals surface area contributed by atoms with Gasteiger partial charge in [-0.05, 0) is 44.4 Å². The van der Waals surface area contributed by atoms with E-state index >= 15 is 0 Å². The molecule has 0 bridgehead atoms. The van der Waals surface area contributed by atoms with Crippen LogP contribution in [-0.2, 0) is 4.74 Å². The zero-order chi connectivity index (χ0) is 15.3. The van der Waals surface area contributed by atoms with Gasteiger partial charge in [0.2, 0.25) is 0 Å². The molecule has 4 heteroatoms. The van der Waals surface area contributed by atoms with Crippen LogP contribution in [0.25, 0.3) is 0 Å². The zero-order valence-electron chi connectivity index (χ0n) is 12.7. The molecule has 0 aliphatic heterocycles. The number of nitriles is 1. The van der Waals surface area contributed by atoms with Crippen LogP contribution in [-0.4, -0.2) is 11.7 Å². The minimum atomic E-state index is -0.518. The summed E-state index contributed by atoms with van der Waals surface area (Å²) >= 11 is 0. The molecular formula is C16H22N2O2. The Bertz CT molecular complexity index is 493. The third kappa shape index (κ3) is 4.93. The van der Waals surface area contributed by atoms with Gasteiger partial charge in [0.15, 0.2) is 0 Å². The van der Waals surface area contributed by atoms with Crippen molar-refractivity contribution in [1.82, 2.24) is 5.32 Å². The van der Waals surface area contributed by atoms with Crippen LogP contribution in [0.1, 0.15) is 51.8 Å². The van der Waals surface area contributed by atoms with Gasteiger partial charge in [-0.3, -0.25) is 0 Å². The Labute approximate surface area is 120 Å². The molecule has 1 aromatic carbocycles. The molecule has 0 saturated heterocycles. The Balaban J connectivity index is 2.84. The smallest absolute Gasteiger partial charge is 0.408 e. The first-order valence-corrected chi connectivity index (χ1v) is 6.72. The fraction of sp³-hybridized carbons (Fsp3) is 0.500. The van der Waals surface area contributed by atoms with Crippen LogP contribution in [0, 0.1) is 17.2 Å². The standard InChI is InChI=1S/C16H22N2O2/c1-11(2)14(18-15(19)20-16(3,4)5)13-8-6-12(10-17)7-9-13/h6-9,11,14H,1-5H3,(H,18,19)/t14-/m0/s1. The normalized spacial score (nSPS) is 12.7.